The highest BCUT2D eigenvalue weighted by Gasteiger charge is 2.03. The van der Waals surface area contributed by atoms with Gasteiger partial charge in [-0.15, -0.1) is 0 Å². The minimum Gasteiger partial charge on any atom is -0.377 e. The fourth-order valence-corrected chi connectivity index (χ4v) is 2.81. The molecule has 0 heterocycles. The lowest BCUT2D eigenvalue weighted by molar-refractivity contribution is -0.119. The van der Waals surface area contributed by atoms with Crippen LogP contribution in [0.25, 0.3) is 0 Å². The number of rotatable bonds is 6. The van der Waals surface area contributed by atoms with E-state index in [4.69, 9.17) is 11.6 Å². The third-order valence-electron chi connectivity index (χ3n) is 3.15. The van der Waals surface area contributed by atoms with Crippen LogP contribution in [0.15, 0.2) is 52.0 Å². The van der Waals surface area contributed by atoms with Crippen LogP contribution in [0.1, 0.15) is 5.56 Å². The number of hydrogen-bond donors (Lipinski definition) is 2. The van der Waals surface area contributed by atoms with E-state index in [1.165, 1.54) is 0 Å². The number of hydrogen-bond acceptors (Lipinski definition) is 4. The Labute approximate surface area is 154 Å². The summed E-state index contributed by atoms with van der Waals surface area (Å²) >= 11 is 9.32. The molecule has 0 fully saturated rings. The second kappa shape index (κ2) is 8.70. The van der Waals surface area contributed by atoms with Gasteiger partial charge < -0.3 is 10.2 Å². The molecule has 0 radical (unpaired) electrons. The molecule has 0 saturated carbocycles. The van der Waals surface area contributed by atoms with Gasteiger partial charge in [-0.05, 0) is 57.9 Å². The topological polar surface area (TPSA) is 56.7 Å². The molecular formula is C17H18BrClN4O. The highest BCUT2D eigenvalue weighted by Crippen LogP contribution is 2.25. The van der Waals surface area contributed by atoms with Gasteiger partial charge in [0.1, 0.15) is 0 Å². The molecule has 0 aliphatic heterocycles. The van der Waals surface area contributed by atoms with E-state index in [0.29, 0.717) is 5.02 Å². The average molecular weight is 410 g/mol. The third-order valence-corrected chi connectivity index (χ3v) is 4.04. The fraction of sp³-hybridized carbons (Fsp3) is 0.176. The molecular weight excluding hydrogens is 392 g/mol. The van der Waals surface area contributed by atoms with E-state index < -0.39 is 0 Å². The van der Waals surface area contributed by atoms with Crippen LogP contribution >= 0.6 is 27.5 Å². The van der Waals surface area contributed by atoms with Gasteiger partial charge in [-0.3, -0.25) is 4.79 Å². The van der Waals surface area contributed by atoms with Crippen LogP contribution in [0.3, 0.4) is 0 Å². The third kappa shape index (κ3) is 5.54. The first kappa shape index (κ1) is 18.3. The molecule has 0 aromatic heterocycles. The number of anilines is 2. The Kier molecular flexibility index (Phi) is 6.63. The molecule has 1 amide bonds. The SMILES string of the molecule is CN(C)c1ccc(/C=N\NC(=O)CNc2ccc(Cl)cc2)cc1Br. The monoisotopic (exact) mass is 408 g/mol. The van der Waals surface area contributed by atoms with Gasteiger partial charge in [0.25, 0.3) is 5.91 Å². The molecule has 0 saturated heterocycles. The smallest absolute Gasteiger partial charge is 0.259 e. The molecule has 24 heavy (non-hydrogen) atoms. The summed E-state index contributed by atoms with van der Waals surface area (Å²) < 4.78 is 0.965. The van der Waals surface area contributed by atoms with Crippen LogP contribution in [0.2, 0.25) is 5.02 Å². The van der Waals surface area contributed by atoms with Crippen LogP contribution in [0.5, 0.6) is 0 Å². The van der Waals surface area contributed by atoms with Crippen molar-refractivity contribution < 1.29 is 4.79 Å². The first-order valence-corrected chi connectivity index (χ1v) is 8.41. The normalized spacial score (nSPS) is 10.7. The quantitative estimate of drug-likeness (QED) is 0.564. The van der Waals surface area contributed by atoms with E-state index in [9.17, 15) is 4.79 Å². The van der Waals surface area contributed by atoms with Crippen molar-refractivity contribution in [3.8, 4) is 0 Å². The summed E-state index contributed by atoms with van der Waals surface area (Å²) in [6, 6.07) is 13.0. The standard InChI is InChI=1S/C17H18BrClN4O/c1-23(2)16-8-3-12(9-15(16)18)10-21-22-17(24)11-20-14-6-4-13(19)5-7-14/h3-10,20H,11H2,1-2H3,(H,22,24)/b21-10-. The number of hydrazone groups is 1. The Morgan fingerprint density at radius 1 is 1.25 bits per heavy atom. The number of nitrogens with one attached hydrogen (secondary N) is 2. The van der Waals surface area contributed by atoms with Gasteiger partial charge in [-0.2, -0.15) is 5.10 Å². The molecule has 126 valence electrons. The minimum atomic E-state index is -0.231. The van der Waals surface area contributed by atoms with Crippen molar-refractivity contribution in [1.82, 2.24) is 5.43 Å². The molecule has 5 nitrogen and oxygen atoms in total. The van der Waals surface area contributed by atoms with Crippen molar-refractivity contribution in [2.75, 3.05) is 30.9 Å². The number of halogens is 2. The van der Waals surface area contributed by atoms with Gasteiger partial charge >= 0.3 is 0 Å². The molecule has 2 N–H and O–H groups in total. The van der Waals surface area contributed by atoms with Crippen LogP contribution in [0, 0.1) is 0 Å². The highest BCUT2D eigenvalue weighted by atomic mass is 79.9. The van der Waals surface area contributed by atoms with Crippen LogP contribution < -0.4 is 15.6 Å². The summed E-state index contributed by atoms with van der Waals surface area (Å²) in [5, 5.41) is 7.61. The molecule has 0 atom stereocenters. The number of carbonyl (C=O) groups is 1. The van der Waals surface area contributed by atoms with Gasteiger partial charge in [-0.1, -0.05) is 17.7 Å². The molecule has 0 unspecified atom stereocenters. The van der Waals surface area contributed by atoms with E-state index in [-0.39, 0.29) is 12.5 Å². The zero-order valence-electron chi connectivity index (χ0n) is 13.4. The molecule has 0 spiro atoms. The Bertz CT molecular complexity index is 732. The molecule has 0 bridgehead atoms. The second-order valence-corrected chi connectivity index (χ2v) is 6.55. The summed E-state index contributed by atoms with van der Waals surface area (Å²) in [6.07, 6.45) is 1.60. The largest absolute Gasteiger partial charge is 0.377 e. The number of nitrogens with zero attached hydrogens (tertiary/aromatic N) is 2. The first-order valence-electron chi connectivity index (χ1n) is 7.24. The van der Waals surface area contributed by atoms with Gasteiger partial charge in [0.05, 0.1) is 18.4 Å². The van der Waals surface area contributed by atoms with Gasteiger partial charge in [-0.25, -0.2) is 5.43 Å². The summed E-state index contributed by atoms with van der Waals surface area (Å²) in [7, 11) is 3.95. The number of amides is 1. The van der Waals surface area contributed by atoms with Gasteiger partial charge in [0.15, 0.2) is 0 Å². The number of carbonyl (C=O) groups excluding carboxylic acids is 1. The molecule has 2 rings (SSSR count). The van der Waals surface area contributed by atoms with E-state index in [2.05, 4.69) is 31.8 Å². The Hall–Kier alpha value is -2.05. The van der Waals surface area contributed by atoms with Crippen molar-refractivity contribution in [3.05, 3.63) is 57.5 Å². The lowest BCUT2D eigenvalue weighted by Crippen LogP contribution is -2.25. The highest BCUT2D eigenvalue weighted by molar-refractivity contribution is 9.10. The van der Waals surface area contributed by atoms with Crippen LogP contribution in [-0.4, -0.2) is 32.8 Å². The van der Waals surface area contributed by atoms with Crippen LogP contribution in [-0.2, 0) is 4.79 Å². The van der Waals surface area contributed by atoms with Crippen molar-refractivity contribution >= 4 is 51.0 Å². The maximum atomic E-state index is 11.8. The van der Waals surface area contributed by atoms with Crippen molar-refractivity contribution in [3.63, 3.8) is 0 Å². The summed E-state index contributed by atoms with van der Waals surface area (Å²) in [5.74, 6) is -0.231. The zero-order valence-corrected chi connectivity index (χ0v) is 15.7. The minimum absolute atomic E-state index is 0.127. The Morgan fingerprint density at radius 3 is 2.58 bits per heavy atom. The van der Waals surface area contributed by atoms with Crippen molar-refractivity contribution in [2.45, 2.75) is 0 Å². The van der Waals surface area contributed by atoms with Crippen molar-refractivity contribution in [2.24, 2.45) is 5.10 Å². The summed E-state index contributed by atoms with van der Waals surface area (Å²) in [4.78, 5) is 13.8. The number of benzene rings is 2. The summed E-state index contributed by atoms with van der Waals surface area (Å²) in [5.41, 5.74) is 5.27. The van der Waals surface area contributed by atoms with Gasteiger partial charge in [0, 0.05) is 29.3 Å². The lowest BCUT2D eigenvalue weighted by Gasteiger charge is -2.14. The maximum Gasteiger partial charge on any atom is 0.259 e. The summed E-state index contributed by atoms with van der Waals surface area (Å²) in [6.45, 7) is 0.127. The molecule has 0 aliphatic rings. The van der Waals surface area contributed by atoms with Crippen LogP contribution in [0.4, 0.5) is 11.4 Å². The Balaban J connectivity index is 1.83. The van der Waals surface area contributed by atoms with E-state index >= 15 is 0 Å². The molecule has 2 aromatic rings. The second-order valence-electron chi connectivity index (χ2n) is 5.26. The average Bonchev–Trinajstić information content (AvgIpc) is 2.54. The van der Waals surface area contributed by atoms with E-state index in [1.807, 2.05) is 49.3 Å². The maximum absolute atomic E-state index is 11.8. The first-order chi connectivity index (χ1) is 11.5. The van der Waals surface area contributed by atoms with E-state index in [1.54, 1.807) is 18.3 Å². The lowest BCUT2D eigenvalue weighted by atomic mass is 10.2. The predicted molar refractivity (Wildman–Crippen MR) is 104 cm³/mol. The predicted octanol–water partition coefficient (Wildman–Crippen LogP) is 3.73. The van der Waals surface area contributed by atoms with Gasteiger partial charge in [0.2, 0.25) is 0 Å². The molecule has 0 aliphatic carbocycles. The molecule has 7 heteroatoms. The van der Waals surface area contributed by atoms with Crippen molar-refractivity contribution in [1.29, 1.82) is 0 Å². The molecule has 2 aromatic carbocycles. The zero-order chi connectivity index (χ0) is 17.5. The Morgan fingerprint density at radius 2 is 1.96 bits per heavy atom. The van der Waals surface area contributed by atoms with E-state index in [0.717, 1.165) is 21.4 Å². The fourth-order valence-electron chi connectivity index (χ4n) is 1.93.